The molecule has 2 N–H and O–H groups in total. The summed E-state index contributed by atoms with van der Waals surface area (Å²) in [5, 5.41) is 13.1. The molecule has 1 aliphatic carbocycles. The quantitative estimate of drug-likeness (QED) is 0.810. The van der Waals surface area contributed by atoms with E-state index >= 15 is 0 Å². The summed E-state index contributed by atoms with van der Waals surface area (Å²) in [6.45, 7) is 3.43. The smallest absolute Gasteiger partial charge is 0.0587 e. The van der Waals surface area contributed by atoms with Crippen molar-refractivity contribution in [2.75, 3.05) is 13.2 Å². The van der Waals surface area contributed by atoms with Gasteiger partial charge in [0.2, 0.25) is 0 Å². The summed E-state index contributed by atoms with van der Waals surface area (Å²) in [4.78, 5) is 0. The molecule has 0 aromatic heterocycles. The lowest BCUT2D eigenvalue weighted by atomic mass is 9.84. The molecule has 0 spiro atoms. The molecule has 0 amide bonds. The summed E-state index contributed by atoms with van der Waals surface area (Å²) in [6, 6.07) is 11.1. The predicted octanol–water partition coefficient (Wildman–Crippen LogP) is 2.93. The van der Waals surface area contributed by atoms with Crippen LogP contribution in [0.25, 0.3) is 0 Å². The normalized spacial score (nSPS) is 25.2. The Morgan fingerprint density at radius 3 is 2.72 bits per heavy atom. The monoisotopic (exact) mass is 247 g/mol. The standard InChI is InChI=1S/C16H25NO/c1-2-11-17-16(12-18)15-10-6-9-14(15)13-7-4-3-5-8-13/h3-5,7-8,14-18H,2,6,9-12H2,1H3. The number of rotatable bonds is 6. The van der Waals surface area contributed by atoms with E-state index in [2.05, 4.69) is 42.6 Å². The maximum absolute atomic E-state index is 9.62. The van der Waals surface area contributed by atoms with Gasteiger partial charge in [0, 0.05) is 6.04 Å². The van der Waals surface area contributed by atoms with Crippen LogP contribution in [-0.2, 0) is 0 Å². The molecule has 0 bridgehead atoms. The van der Waals surface area contributed by atoms with Gasteiger partial charge in [-0.3, -0.25) is 0 Å². The van der Waals surface area contributed by atoms with Crippen LogP contribution < -0.4 is 5.32 Å². The van der Waals surface area contributed by atoms with Crippen LogP contribution >= 0.6 is 0 Å². The van der Waals surface area contributed by atoms with E-state index in [0.717, 1.165) is 13.0 Å². The first-order chi connectivity index (χ1) is 8.86. The highest BCUT2D eigenvalue weighted by Gasteiger charge is 2.33. The van der Waals surface area contributed by atoms with Crippen LogP contribution in [-0.4, -0.2) is 24.3 Å². The molecule has 0 radical (unpaired) electrons. The molecule has 2 heteroatoms. The van der Waals surface area contributed by atoms with Gasteiger partial charge >= 0.3 is 0 Å². The van der Waals surface area contributed by atoms with Gasteiger partial charge in [0.15, 0.2) is 0 Å². The SMILES string of the molecule is CCCNC(CO)C1CCCC1c1ccccc1. The number of hydrogen-bond donors (Lipinski definition) is 2. The average Bonchev–Trinajstić information content (AvgIpc) is 2.90. The van der Waals surface area contributed by atoms with Gasteiger partial charge in [0.25, 0.3) is 0 Å². The highest BCUT2D eigenvalue weighted by atomic mass is 16.3. The second kappa shape index (κ2) is 6.91. The van der Waals surface area contributed by atoms with Gasteiger partial charge in [-0.2, -0.15) is 0 Å². The number of benzene rings is 1. The zero-order valence-corrected chi connectivity index (χ0v) is 11.3. The van der Waals surface area contributed by atoms with Crippen molar-refractivity contribution < 1.29 is 5.11 Å². The molecule has 0 aliphatic heterocycles. The van der Waals surface area contributed by atoms with E-state index in [-0.39, 0.29) is 12.6 Å². The highest BCUT2D eigenvalue weighted by molar-refractivity contribution is 5.22. The molecule has 100 valence electrons. The summed E-state index contributed by atoms with van der Waals surface area (Å²) in [6.07, 6.45) is 4.91. The van der Waals surface area contributed by atoms with Gasteiger partial charge < -0.3 is 10.4 Å². The highest BCUT2D eigenvalue weighted by Crippen LogP contribution is 2.41. The van der Waals surface area contributed by atoms with Crippen LogP contribution in [0.15, 0.2) is 30.3 Å². The lowest BCUT2D eigenvalue weighted by Crippen LogP contribution is -2.40. The molecule has 18 heavy (non-hydrogen) atoms. The maximum Gasteiger partial charge on any atom is 0.0587 e. The summed E-state index contributed by atoms with van der Waals surface area (Å²) in [7, 11) is 0. The molecule has 3 unspecified atom stereocenters. The summed E-state index contributed by atoms with van der Waals surface area (Å²) < 4.78 is 0. The number of hydrogen-bond acceptors (Lipinski definition) is 2. The van der Waals surface area contributed by atoms with Crippen molar-refractivity contribution in [1.82, 2.24) is 5.32 Å². The number of aliphatic hydroxyl groups is 1. The zero-order chi connectivity index (χ0) is 12.8. The largest absolute Gasteiger partial charge is 0.395 e. The first-order valence-electron chi connectivity index (χ1n) is 7.26. The molecule has 2 nitrogen and oxygen atoms in total. The van der Waals surface area contributed by atoms with Crippen molar-refractivity contribution in [3.05, 3.63) is 35.9 Å². The maximum atomic E-state index is 9.62. The van der Waals surface area contributed by atoms with Crippen molar-refractivity contribution in [2.24, 2.45) is 5.92 Å². The lowest BCUT2D eigenvalue weighted by molar-refractivity contribution is 0.191. The minimum absolute atomic E-state index is 0.258. The van der Waals surface area contributed by atoms with Gasteiger partial charge in [0.1, 0.15) is 0 Å². The molecule has 3 atom stereocenters. The molecule has 1 fully saturated rings. The summed E-state index contributed by atoms with van der Waals surface area (Å²) in [5.74, 6) is 1.21. The fourth-order valence-corrected chi connectivity index (χ4v) is 3.27. The van der Waals surface area contributed by atoms with E-state index in [4.69, 9.17) is 0 Å². The van der Waals surface area contributed by atoms with Crippen LogP contribution in [0.2, 0.25) is 0 Å². The third-order valence-corrected chi connectivity index (χ3v) is 4.17. The predicted molar refractivity (Wildman–Crippen MR) is 75.7 cm³/mol. The van der Waals surface area contributed by atoms with Crippen molar-refractivity contribution in [2.45, 2.75) is 44.6 Å². The van der Waals surface area contributed by atoms with Crippen molar-refractivity contribution >= 4 is 0 Å². The minimum atomic E-state index is 0.258. The van der Waals surface area contributed by atoms with E-state index in [1.54, 1.807) is 0 Å². The molecule has 2 rings (SSSR count). The Bertz CT molecular complexity index is 338. The Hall–Kier alpha value is -0.860. The average molecular weight is 247 g/mol. The first kappa shape index (κ1) is 13.6. The van der Waals surface area contributed by atoms with E-state index < -0.39 is 0 Å². The van der Waals surface area contributed by atoms with Crippen molar-refractivity contribution in [3.8, 4) is 0 Å². The van der Waals surface area contributed by atoms with Gasteiger partial charge in [-0.05, 0) is 43.2 Å². The molecule has 1 saturated carbocycles. The minimum Gasteiger partial charge on any atom is -0.395 e. The number of nitrogens with one attached hydrogen (secondary N) is 1. The second-order valence-corrected chi connectivity index (χ2v) is 5.36. The molecule has 1 aromatic rings. The Morgan fingerprint density at radius 2 is 2.06 bits per heavy atom. The fourth-order valence-electron chi connectivity index (χ4n) is 3.27. The molecule has 1 aliphatic rings. The van der Waals surface area contributed by atoms with Crippen LogP contribution in [0.4, 0.5) is 0 Å². The van der Waals surface area contributed by atoms with Crippen LogP contribution in [0.3, 0.4) is 0 Å². The van der Waals surface area contributed by atoms with Gasteiger partial charge in [-0.1, -0.05) is 43.7 Å². The molecule has 0 saturated heterocycles. The lowest BCUT2D eigenvalue weighted by Gasteiger charge is -2.28. The van der Waals surface area contributed by atoms with E-state index in [0.29, 0.717) is 11.8 Å². The third-order valence-electron chi connectivity index (χ3n) is 4.17. The second-order valence-electron chi connectivity index (χ2n) is 5.36. The van der Waals surface area contributed by atoms with Gasteiger partial charge in [-0.15, -0.1) is 0 Å². The zero-order valence-electron chi connectivity index (χ0n) is 11.3. The van der Waals surface area contributed by atoms with Crippen LogP contribution in [0.5, 0.6) is 0 Å². The Labute approximate surface area is 110 Å². The molecular weight excluding hydrogens is 222 g/mol. The Balaban J connectivity index is 2.06. The van der Waals surface area contributed by atoms with Crippen molar-refractivity contribution in [3.63, 3.8) is 0 Å². The molecular formula is C16H25NO. The van der Waals surface area contributed by atoms with Gasteiger partial charge in [0.05, 0.1) is 6.61 Å². The van der Waals surface area contributed by atoms with Crippen LogP contribution in [0.1, 0.15) is 44.1 Å². The van der Waals surface area contributed by atoms with Gasteiger partial charge in [-0.25, -0.2) is 0 Å². The van der Waals surface area contributed by atoms with E-state index in [1.807, 2.05) is 0 Å². The Kier molecular flexibility index (Phi) is 5.21. The first-order valence-corrected chi connectivity index (χ1v) is 7.26. The summed E-state index contributed by atoms with van der Waals surface area (Å²) in [5.41, 5.74) is 1.44. The fraction of sp³-hybridized carbons (Fsp3) is 0.625. The molecule has 1 aromatic carbocycles. The molecule has 0 heterocycles. The topological polar surface area (TPSA) is 32.3 Å². The van der Waals surface area contributed by atoms with E-state index in [9.17, 15) is 5.11 Å². The van der Waals surface area contributed by atoms with Crippen LogP contribution in [0, 0.1) is 5.92 Å². The number of aliphatic hydroxyl groups excluding tert-OH is 1. The van der Waals surface area contributed by atoms with E-state index in [1.165, 1.54) is 24.8 Å². The summed E-state index contributed by atoms with van der Waals surface area (Å²) >= 11 is 0. The van der Waals surface area contributed by atoms with Crippen molar-refractivity contribution in [1.29, 1.82) is 0 Å². The Morgan fingerprint density at radius 1 is 1.28 bits per heavy atom. The third kappa shape index (κ3) is 3.12.